The summed E-state index contributed by atoms with van der Waals surface area (Å²) >= 11 is 0. The van der Waals surface area contributed by atoms with Crippen LogP contribution in [0.1, 0.15) is 19.6 Å². The first-order chi connectivity index (χ1) is 8.03. The summed E-state index contributed by atoms with van der Waals surface area (Å²) in [4.78, 5) is 0. The van der Waals surface area contributed by atoms with Gasteiger partial charge in [-0.15, -0.1) is 0 Å². The minimum atomic E-state index is -0.654. The molecule has 0 bridgehead atoms. The van der Waals surface area contributed by atoms with Crippen LogP contribution in [0.3, 0.4) is 0 Å². The molecule has 1 aromatic carbocycles. The standard InChI is InChI=1S/C14H12FNO/c1-14(2,9-16)13-8-7-12(17-13)10-3-5-11(15)6-4-10/h3-8H,1-2H3. The first kappa shape index (κ1) is 11.4. The van der Waals surface area contributed by atoms with Crippen LogP contribution < -0.4 is 0 Å². The van der Waals surface area contributed by atoms with Gasteiger partial charge >= 0.3 is 0 Å². The molecule has 0 saturated heterocycles. The maximum Gasteiger partial charge on any atom is 0.134 e. The van der Waals surface area contributed by atoms with Crippen LogP contribution in [0.25, 0.3) is 11.3 Å². The average molecular weight is 229 g/mol. The molecule has 2 nitrogen and oxygen atoms in total. The third-order valence-electron chi connectivity index (χ3n) is 2.63. The normalized spacial score (nSPS) is 11.2. The number of rotatable bonds is 2. The highest BCUT2D eigenvalue weighted by Crippen LogP contribution is 2.29. The molecule has 0 saturated carbocycles. The van der Waals surface area contributed by atoms with Crippen molar-refractivity contribution in [3.63, 3.8) is 0 Å². The topological polar surface area (TPSA) is 36.9 Å². The first-order valence-corrected chi connectivity index (χ1v) is 5.30. The molecule has 2 aromatic rings. The van der Waals surface area contributed by atoms with Gasteiger partial charge in [-0.1, -0.05) is 0 Å². The van der Waals surface area contributed by atoms with Crippen LogP contribution in [0.15, 0.2) is 40.8 Å². The Morgan fingerprint density at radius 1 is 1.12 bits per heavy atom. The molecule has 0 aliphatic rings. The zero-order valence-electron chi connectivity index (χ0n) is 9.70. The van der Waals surface area contributed by atoms with E-state index in [1.165, 1.54) is 12.1 Å². The van der Waals surface area contributed by atoms with Crippen LogP contribution in [-0.4, -0.2) is 0 Å². The summed E-state index contributed by atoms with van der Waals surface area (Å²) in [6.45, 7) is 3.58. The first-order valence-electron chi connectivity index (χ1n) is 5.30. The molecule has 86 valence electrons. The fraction of sp³-hybridized carbons (Fsp3) is 0.214. The van der Waals surface area contributed by atoms with E-state index < -0.39 is 5.41 Å². The van der Waals surface area contributed by atoms with E-state index in [-0.39, 0.29) is 5.82 Å². The fourth-order valence-electron chi connectivity index (χ4n) is 1.50. The van der Waals surface area contributed by atoms with Crippen molar-refractivity contribution in [1.82, 2.24) is 0 Å². The van der Waals surface area contributed by atoms with E-state index >= 15 is 0 Å². The van der Waals surface area contributed by atoms with E-state index in [0.717, 1.165) is 5.56 Å². The molecule has 0 amide bonds. The van der Waals surface area contributed by atoms with E-state index in [0.29, 0.717) is 11.5 Å². The molecular weight excluding hydrogens is 217 g/mol. The summed E-state index contributed by atoms with van der Waals surface area (Å²) in [6, 6.07) is 11.8. The molecule has 1 heterocycles. The monoisotopic (exact) mass is 229 g/mol. The zero-order chi connectivity index (χ0) is 12.5. The number of hydrogen-bond acceptors (Lipinski definition) is 2. The van der Waals surface area contributed by atoms with Gasteiger partial charge in [0, 0.05) is 5.56 Å². The van der Waals surface area contributed by atoms with Crippen molar-refractivity contribution < 1.29 is 8.81 Å². The van der Waals surface area contributed by atoms with Gasteiger partial charge in [0.25, 0.3) is 0 Å². The largest absolute Gasteiger partial charge is 0.459 e. The number of nitriles is 1. The smallest absolute Gasteiger partial charge is 0.134 e. The summed E-state index contributed by atoms with van der Waals surface area (Å²) in [7, 11) is 0. The highest BCUT2D eigenvalue weighted by Gasteiger charge is 2.24. The minimum absolute atomic E-state index is 0.280. The van der Waals surface area contributed by atoms with Crippen LogP contribution in [0.2, 0.25) is 0 Å². The van der Waals surface area contributed by atoms with E-state index in [2.05, 4.69) is 6.07 Å². The van der Waals surface area contributed by atoms with E-state index in [9.17, 15) is 4.39 Å². The molecular formula is C14H12FNO. The molecule has 0 radical (unpaired) electrons. The van der Waals surface area contributed by atoms with Gasteiger partial charge in [0.1, 0.15) is 22.8 Å². The number of benzene rings is 1. The van der Waals surface area contributed by atoms with Crippen molar-refractivity contribution in [3.05, 3.63) is 48.0 Å². The highest BCUT2D eigenvalue weighted by molar-refractivity contribution is 5.57. The predicted octanol–water partition coefficient (Wildman–Crippen LogP) is 3.89. The lowest BCUT2D eigenvalue weighted by Gasteiger charge is -2.10. The Hall–Kier alpha value is -2.08. The van der Waals surface area contributed by atoms with Crippen molar-refractivity contribution in [2.24, 2.45) is 0 Å². The number of halogens is 1. The lowest BCUT2D eigenvalue weighted by molar-refractivity contribution is 0.453. The van der Waals surface area contributed by atoms with Gasteiger partial charge < -0.3 is 4.42 Å². The van der Waals surface area contributed by atoms with Gasteiger partial charge in [-0.2, -0.15) is 5.26 Å². The molecule has 0 fully saturated rings. The fourth-order valence-corrected chi connectivity index (χ4v) is 1.50. The van der Waals surface area contributed by atoms with Gasteiger partial charge in [-0.3, -0.25) is 0 Å². The van der Waals surface area contributed by atoms with Crippen molar-refractivity contribution >= 4 is 0 Å². The Morgan fingerprint density at radius 3 is 2.35 bits per heavy atom. The number of furan rings is 1. The molecule has 0 spiro atoms. The quantitative estimate of drug-likeness (QED) is 0.783. The Labute approximate surface area is 99.3 Å². The molecule has 2 rings (SSSR count). The van der Waals surface area contributed by atoms with Crippen LogP contribution in [0.5, 0.6) is 0 Å². The van der Waals surface area contributed by atoms with Crippen LogP contribution in [-0.2, 0) is 5.41 Å². The van der Waals surface area contributed by atoms with E-state index in [1.54, 1.807) is 38.1 Å². The molecule has 1 aromatic heterocycles. The van der Waals surface area contributed by atoms with E-state index in [1.807, 2.05) is 0 Å². The zero-order valence-corrected chi connectivity index (χ0v) is 9.70. The predicted molar refractivity (Wildman–Crippen MR) is 62.7 cm³/mol. The van der Waals surface area contributed by atoms with Gasteiger partial charge in [0.05, 0.1) is 6.07 Å². The van der Waals surface area contributed by atoms with Crippen LogP contribution >= 0.6 is 0 Å². The summed E-state index contributed by atoms with van der Waals surface area (Å²) < 4.78 is 18.4. The Balaban J connectivity index is 2.37. The van der Waals surface area contributed by atoms with Crippen molar-refractivity contribution in [2.75, 3.05) is 0 Å². The molecule has 3 heteroatoms. The lowest BCUT2D eigenvalue weighted by atomic mass is 9.93. The highest BCUT2D eigenvalue weighted by atomic mass is 19.1. The SMILES string of the molecule is CC(C)(C#N)c1ccc(-c2ccc(F)cc2)o1. The second-order valence-electron chi connectivity index (χ2n) is 4.41. The summed E-state index contributed by atoms with van der Waals surface area (Å²) in [5.74, 6) is 0.973. The Morgan fingerprint density at radius 2 is 1.76 bits per heavy atom. The Bertz CT molecular complexity index is 561. The lowest BCUT2D eigenvalue weighted by Crippen LogP contribution is -2.12. The van der Waals surface area contributed by atoms with Crippen molar-refractivity contribution in [2.45, 2.75) is 19.3 Å². The third-order valence-corrected chi connectivity index (χ3v) is 2.63. The molecule has 0 unspecified atom stereocenters. The number of hydrogen-bond donors (Lipinski definition) is 0. The summed E-state index contributed by atoms with van der Waals surface area (Å²) in [5.41, 5.74) is 0.143. The van der Waals surface area contributed by atoms with Crippen LogP contribution in [0, 0.1) is 17.1 Å². The summed E-state index contributed by atoms with van der Waals surface area (Å²) in [5, 5.41) is 9.00. The summed E-state index contributed by atoms with van der Waals surface area (Å²) in [6.07, 6.45) is 0. The van der Waals surface area contributed by atoms with Gasteiger partial charge in [-0.25, -0.2) is 4.39 Å². The van der Waals surface area contributed by atoms with E-state index in [4.69, 9.17) is 9.68 Å². The van der Waals surface area contributed by atoms with Crippen LogP contribution in [0.4, 0.5) is 4.39 Å². The van der Waals surface area contributed by atoms with Gasteiger partial charge in [0.2, 0.25) is 0 Å². The Kier molecular flexibility index (Phi) is 2.72. The maximum atomic E-state index is 12.8. The van der Waals surface area contributed by atoms with Gasteiger partial charge in [0.15, 0.2) is 0 Å². The molecule has 0 N–H and O–H groups in total. The maximum absolute atomic E-state index is 12.8. The molecule has 0 aliphatic carbocycles. The molecule has 17 heavy (non-hydrogen) atoms. The van der Waals surface area contributed by atoms with Crippen molar-refractivity contribution in [3.8, 4) is 17.4 Å². The van der Waals surface area contributed by atoms with Crippen molar-refractivity contribution in [1.29, 1.82) is 5.26 Å². The second kappa shape index (κ2) is 4.06. The number of nitrogens with zero attached hydrogens (tertiary/aromatic N) is 1. The molecule has 0 aliphatic heterocycles. The average Bonchev–Trinajstić information content (AvgIpc) is 2.80. The molecule has 0 atom stereocenters. The second-order valence-corrected chi connectivity index (χ2v) is 4.41. The third kappa shape index (κ3) is 2.21. The minimum Gasteiger partial charge on any atom is -0.459 e. The van der Waals surface area contributed by atoms with Gasteiger partial charge in [-0.05, 0) is 50.2 Å².